The molecule has 2 heterocycles. The third-order valence-electron chi connectivity index (χ3n) is 6.41. The molecule has 3 aromatic rings. The fourth-order valence-electron chi connectivity index (χ4n) is 4.36. The average molecular weight is 474 g/mol. The first-order chi connectivity index (χ1) is 16.3. The molecule has 0 aromatic heterocycles. The molecule has 0 saturated heterocycles. The van der Waals surface area contributed by atoms with Gasteiger partial charge in [0.15, 0.2) is 5.76 Å². The van der Waals surface area contributed by atoms with Gasteiger partial charge >= 0.3 is 0 Å². The maximum Gasteiger partial charge on any atom is 0.231 e. The lowest BCUT2D eigenvalue weighted by molar-refractivity contribution is 0.0950. The summed E-state index contributed by atoms with van der Waals surface area (Å²) in [6.07, 6.45) is 2.64. The summed E-state index contributed by atoms with van der Waals surface area (Å²) in [4.78, 5) is 15.3. The Labute approximate surface area is 205 Å². The number of carbonyl (C=O) groups is 1. The van der Waals surface area contributed by atoms with Gasteiger partial charge < -0.3 is 9.47 Å². The topological polar surface area (TPSA) is 38.8 Å². The molecule has 0 radical (unpaired) electrons. The first-order valence-electron chi connectivity index (χ1n) is 11.6. The molecule has 2 aliphatic heterocycles. The van der Waals surface area contributed by atoms with Crippen LogP contribution in [0.3, 0.4) is 0 Å². The highest BCUT2D eigenvalue weighted by Crippen LogP contribution is 2.42. The maximum absolute atomic E-state index is 13.1. The lowest BCUT2D eigenvalue weighted by atomic mass is 9.86. The molecule has 2 aliphatic rings. The minimum absolute atomic E-state index is 0.0817. The van der Waals surface area contributed by atoms with Gasteiger partial charge in [-0.1, -0.05) is 74.8 Å². The number of carbonyl (C=O) groups excluding carboxylic acids is 1. The van der Waals surface area contributed by atoms with Gasteiger partial charge in [0, 0.05) is 18.1 Å². The third-order valence-corrected chi connectivity index (χ3v) is 6.78. The zero-order valence-corrected chi connectivity index (χ0v) is 20.5. The van der Waals surface area contributed by atoms with Gasteiger partial charge in [0.1, 0.15) is 18.2 Å². The number of ether oxygens (including phenoxy) is 2. The van der Waals surface area contributed by atoms with Crippen LogP contribution in [0.25, 0.3) is 6.08 Å². The molecule has 5 heteroatoms. The van der Waals surface area contributed by atoms with Crippen LogP contribution < -0.4 is 9.47 Å². The van der Waals surface area contributed by atoms with E-state index in [0.717, 1.165) is 40.4 Å². The van der Waals surface area contributed by atoms with Gasteiger partial charge in [0.05, 0.1) is 11.1 Å². The molecule has 5 rings (SSSR count). The van der Waals surface area contributed by atoms with Gasteiger partial charge in [-0.2, -0.15) is 0 Å². The summed E-state index contributed by atoms with van der Waals surface area (Å²) >= 11 is 6.32. The Balaban J connectivity index is 1.35. The Bertz CT molecular complexity index is 1270. The van der Waals surface area contributed by atoms with E-state index in [2.05, 4.69) is 37.8 Å². The van der Waals surface area contributed by atoms with Crippen molar-refractivity contribution in [1.29, 1.82) is 0 Å². The first-order valence-corrected chi connectivity index (χ1v) is 12.0. The van der Waals surface area contributed by atoms with E-state index in [9.17, 15) is 4.79 Å². The Morgan fingerprint density at radius 3 is 2.53 bits per heavy atom. The number of Topliss-reactive ketones (excluding diaryl/α,β-unsaturated/α-hetero) is 1. The van der Waals surface area contributed by atoms with Gasteiger partial charge in [-0.3, -0.25) is 9.69 Å². The number of allylic oxidation sites excluding steroid dienone is 1. The summed E-state index contributed by atoms with van der Waals surface area (Å²) in [5, 5.41) is 0.779. The number of hydrogen-bond acceptors (Lipinski definition) is 4. The second-order valence-corrected chi connectivity index (χ2v) is 10.3. The van der Waals surface area contributed by atoms with Crippen LogP contribution in [0.2, 0.25) is 5.02 Å². The van der Waals surface area contributed by atoms with Gasteiger partial charge in [0.25, 0.3) is 0 Å². The van der Waals surface area contributed by atoms with Crippen LogP contribution in [0.5, 0.6) is 11.5 Å². The summed E-state index contributed by atoms with van der Waals surface area (Å²) in [5.41, 5.74) is 4.89. The fraction of sp³-hybridized carbons (Fsp3) is 0.276. The molecule has 0 fully saturated rings. The molecule has 3 aromatic carbocycles. The van der Waals surface area contributed by atoms with Crippen molar-refractivity contribution >= 4 is 23.5 Å². The van der Waals surface area contributed by atoms with Crippen molar-refractivity contribution in [3.63, 3.8) is 0 Å². The predicted octanol–water partition coefficient (Wildman–Crippen LogP) is 6.65. The minimum atomic E-state index is -0.0918. The molecule has 0 atom stereocenters. The molecule has 34 heavy (non-hydrogen) atoms. The molecule has 0 amide bonds. The highest BCUT2D eigenvalue weighted by atomic mass is 35.5. The van der Waals surface area contributed by atoms with Crippen LogP contribution in [0, 0.1) is 0 Å². The summed E-state index contributed by atoms with van der Waals surface area (Å²) in [5.74, 6) is 1.64. The predicted molar refractivity (Wildman–Crippen MR) is 136 cm³/mol. The van der Waals surface area contributed by atoms with E-state index in [1.807, 2.05) is 48.5 Å². The third kappa shape index (κ3) is 4.48. The summed E-state index contributed by atoms with van der Waals surface area (Å²) in [6, 6.07) is 19.8. The van der Waals surface area contributed by atoms with E-state index in [1.54, 1.807) is 6.07 Å². The standard InChI is InChI=1S/C29H28ClNO3/c1-29(2,3)21-10-8-19(9-11-21)16-26-27(32)22-12-13-25-23(28(22)34-26)17-31(18-33-25)15-14-20-6-4-5-7-24(20)30/h4-13,16H,14-15,17-18H2,1-3H3/b26-16-. The summed E-state index contributed by atoms with van der Waals surface area (Å²) < 4.78 is 12.1. The molecule has 0 bridgehead atoms. The van der Waals surface area contributed by atoms with Crippen LogP contribution in [-0.2, 0) is 18.4 Å². The van der Waals surface area contributed by atoms with Crippen LogP contribution in [-0.4, -0.2) is 24.0 Å². The van der Waals surface area contributed by atoms with Gasteiger partial charge in [-0.25, -0.2) is 0 Å². The van der Waals surface area contributed by atoms with Gasteiger partial charge in [-0.15, -0.1) is 0 Å². The van der Waals surface area contributed by atoms with E-state index in [1.165, 1.54) is 5.56 Å². The highest BCUT2D eigenvalue weighted by Gasteiger charge is 2.33. The second kappa shape index (κ2) is 8.94. The quantitative estimate of drug-likeness (QED) is 0.398. The van der Waals surface area contributed by atoms with Crippen molar-refractivity contribution in [2.75, 3.05) is 13.3 Å². The Morgan fingerprint density at radius 2 is 1.79 bits per heavy atom. The molecule has 0 aliphatic carbocycles. The van der Waals surface area contributed by atoms with Crippen molar-refractivity contribution in [2.45, 2.75) is 39.2 Å². The SMILES string of the molecule is CC(C)(C)c1ccc(/C=C2\Oc3c(ccc4c3CN(CCc3ccccc3Cl)CO4)C2=O)cc1. The molecule has 0 N–H and O–H groups in total. The Hall–Kier alpha value is -3.08. The molecule has 174 valence electrons. The second-order valence-electron chi connectivity index (χ2n) is 9.90. The zero-order valence-electron chi connectivity index (χ0n) is 19.7. The minimum Gasteiger partial charge on any atom is -0.478 e. The fourth-order valence-corrected chi connectivity index (χ4v) is 4.59. The Morgan fingerprint density at radius 1 is 1.03 bits per heavy atom. The van der Waals surface area contributed by atoms with Crippen LogP contribution >= 0.6 is 11.6 Å². The number of nitrogens with zero attached hydrogens (tertiary/aromatic N) is 1. The number of hydrogen-bond donors (Lipinski definition) is 0. The average Bonchev–Trinajstić information content (AvgIpc) is 3.14. The van der Waals surface area contributed by atoms with Crippen molar-refractivity contribution < 1.29 is 14.3 Å². The molecule has 0 saturated carbocycles. The van der Waals surface area contributed by atoms with E-state index in [4.69, 9.17) is 21.1 Å². The lowest BCUT2D eigenvalue weighted by Gasteiger charge is -2.29. The van der Waals surface area contributed by atoms with Crippen molar-refractivity contribution in [1.82, 2.24) is 4.90 Å². The van der Waals surface area contributed by atoms with Crippen LogP contribution in [0.15, 0.2) is 66.4 Å². The van der Waals surface area contributed by atoms with Crippen molar-refractivity contribution in [3.05, 3.63) is 99.3 Å². The highest BCUT2D eigenvalue weighted by molar-refractivity contribution is 6.31. The van der Waals surface area contributed by atoms with E-state index < -0.39 is 0 Å². The molecular formula is C29H28ClNO3. The first kappa shape index (κ1) is 22.7. The number of fused-ring (bicyclic) bond motifs is 3. The monoisotopic (exact) mass is 473 g/mol. The lowest BCUT2D eigenvalue weighted by Crippen LogP contribution is -2.33. The van der Waals surface area contributed by atoms with Crippen molar-refractivity contribution in [3.8, 4) is 11.5 Å². The number of rotatable bonds is 4. The van der Waals surface area contributed by atoms with E-state index in [0.29, 0.717) is 30.3 Å². The summed E-state index contributed by atoms with van der Waals surface area (Å²) in [6.45, 7) is 8.50. The molecular weight excluding hydrogens is 446 g/mol. The van der Waals surface area contributed by atoms with Gasteiger partial charge in [-0.05, 0) is 52.8 Å². The molecule has 0 unspecified atom stereocenters. The maximum atomic E-state index is 13.1. The number of ketones is 1. The van der Waals surface area contributed by atoms with E-state index >= 15 is 0 Å². The van der Waals surface area contributed by atoms with Crippen molar-refractivity contribution in [2.24, 2.45) is 0 Å². The van der Waals surface area contributed by atoms with Gasteiger partial charge in [0.2, 0.25) is 5.78 Å². The Kier molecular flexibility index (Phi) is 5.97. The largest absolute Gasteiger partial charge is 0.478 e. The van der Waals surface area contributed by atoms with Crippen LogP contribution in [0.4, 0.5) is 0 Å². The zero-order chi connectivity index (χ0) is 23.9. The molecule has 0 spiro atoms. The number of benzene rings is 3. The molecule has 4 nitrogen and oxygen atoms in total. The smallest absolute Gasteiger partial charge is 0.231 e. The normalized spacial score (nSPS) is 16.7. The summed E-state index contributed by atoms with van der Waals surface area (Å²) in [7, 11) is 0. The van der Waals surface area contributed by atoms with E-state index in [-0.39, 0.29) is 11.2 Å². The van der Waals surface area contributed by atoms with Crippen LogP contribution in [0.1, 0.15) is 53.4 Å². The number of halogens is 1.